The van der Waals surface area contributed by atoms with E-state index in [2.05, 4.69) is 5.32 Å². The standard InChI is InChI=1S/C19H18ClN3O3/c1-12-7-17(18(26-3)9-16(12)20)22-19(25)11-23(13(2)24)15-6-4-5-14(8-15)10-21/h4-9H,11H2,1-3H3,(H,22,25). The molecule has 0 aliphatic carbocycles. The molecular formula is C19H18ClN3O3. The smallest absolute Gasteiger partial charge is 0.244 e. The van der Waals surface area contributed by atoms with Crippen molar-refractivity contribution >= 4 is 34.8 Å². The molecule has 0 unspecified atom stereocenters. The number of benzene rings is 2. The molecule has 0 aliphatic heterocycles. The Hall–Kier alpha value is -3.04. The van der Waals surface area contributed by atoms with E-state index in [-0.39, 0.29) is 12.5 Å². The van der Waals surface area contributed by atoms with Crippen molar-refractivity contribution in [2.75, 3.05) is 23.9 Å². The first-order valence-electron chi connectivity index (χ1n) is 7.78. The van der Waals surface area contributed by atoms with Crippen LogP contribution in [0, 0.1) is 18.3 Å². The molecule has 2 amide bonds. The quantitative estimate of drug-likeness (QED) is 0.871. The molecule has 0 aliphatic rings. The summed E-state index contributed by atoms with van der Waals surface area (Å²) in [6.45, 7) is 2.97. The van der Waals surface area contributed by atoms with Gasteiger partial charge in [0.15, 0.2) is 0 Å². The lowest BCUT2D eigenvalue weighted by molar-refractivity contribution is -0.120. The van der Waals surface area contributed by atoms with Crippen molar-refractivity contribution in [3.8, 4) is 11.8 Å². The second-order valence-electron chi connectivity index (χ2n) is 5.62. The van der Waals surface area contributed by atoms with Gasteiger partial charge in [-0.05, 0) is 36.8 Å². The number of hydrogen-bond acceptors (Lipinski definition) is 4. The Kier molecular flexibility index (Phi) is 6.21. The number of aryl methyl sites for hydroxylation is 1. The Balaban J connectivity index is 2.22. The van der Waals surface area contributed by atoms with Crippen LogP contribution in [0.5, 0.6) is 5.75 Å². The van der Waals surface area contributed by atoms with E-state index in [0.717, 1.165) is 5.56 Å². The number of nitrogens with one attached hydrogen (secondary N) is 1. The van der Waals surface area contributed by atoms with Gasteiger partial charge in [-0.25, -0.2) is 0 Å². The van der Waals surface area contributed by atoms with Crippen LogP contribution in [0.15, 0.2) is 36.4 Å². The minimum Gasteiger partial charge on any atom is -0.495 e. The van der Waals surface area contributed by atoms with Crippen LogP contribution in [-0.2, 0) is 9.59 Å². The molecule has 0 saturated heterocycles. The number of nitrogens with zero attached hydrogens (tertiary/aromatic N) is 2. The Labute approximate surface area is 156 Å². The van der Waals surface area contributed by atoms with Crippen LogP contribution < -0.4 is 15.0 Å². The van der Waals surface area contributed by atoms with Gasteiger partial charge in [0.1, 0.15) is 12.3 Å². The van der Waals surface area contributed by atoms with E-state index in [9.17, 15) is 9.59 Å². The Morgan fingerprint density at radius 1 is 1.31 bits per heavy atom. The third kappa shape index (κ3) is 4.52. The second kappa shape index (κ2) is 8.37. The summed E-state index contributed by atoms with van der Waals surface area (Å²) in [5.41, 5.74) is 2.14. The number of ether oxygens (including phenoxy) is 1. The lowest BCUT2D eigenvalue weighted by Gasteiger charge is -2.21. The maximum absolute atomic E-state index is 12.5. The van der Waals surface area contributed by atoms with Gasteiger partial charge in [-0.3, -0.25) is 9.59 Å². The average molecular weight is 372 g/mol. The minimum absolute atomic E-state index is 0.199. The van der Waals surface area contributed by atoms with Gasteiger partial charge in [0.25, 0.3) is 0 Å². The highest BCUT2D eigenvalue weighted by Gasteiger charge is 2.18. The molecule has 0 radical (unpaired) electrons. The fourth-order valence-corrected chi connectivity index (χ4v) is 2.54. The molecule has 26 heavy (non-hydrogen) atoms. The Morgan fingerprint density at radius 3 is 2.65 bits per heavy atom. The number of amides is 2. The van der Waals surface area contributed by atoms with Crippen molar-refractivity contribution in [3.63, 3.8) is 0 Å². The van der Waals surface area contributed by atoms with Crippen LogP contribution in [0.25, 0.3) is 0 Å². The molecular weight excluding hydrogens is 354 g/mol. The fraction of sp³-hybridized carbons (Fsp3) is 0.211. The zero-order chi connectivity index (χ0) is 19.3. The molecule has 134 valence electrons. The first-order valence-corrected chi connectivity index (χ1v) is 8.15. The van der Waals surface area contributed by atoms with E-state index in [1.54, 1.807) is 36.4 Å². The van der Waals surface area contributed by atoms with Crippen molar-refractivity contribution in [2.24, 2.45) is 0 Å². The van der Waals surface area contributed by atoms with E-state index >= 15 is 0 Å². The summed E-state index contributed by atoms with van der Waals surface area (Å²) in [7, 11) is 1.48. The van der Waals surface area contributed by atoms with E-state index in [4.69, 9.17) is 21.6 Å². The molecule has 2 aromatic rings. The third-order valence-electron chi connectivity index (χ3n) is 3.72. The van der Waals surface area contributed by atoms with Gasteiger partial charge in [0, 0.05) is 23.7 Å². The lowest BCUT2D eigenvalue weighted by Crippen LogP contribution is -2.36. The summed E-state index contributed by atoms with van der Waals surface area (Å²) < 4.78 is 5.23. The maximum Gasteiger partial charge on any atom is 0.244 e. The molecule has 0 saturated carbocycles. The number of hydrogen-bond donors (Lipinski definition) is 1. The summed E-state index contributed by atoms with van der Waals surface area (Å²) in [5, 5.41) is 12.3. The van der Waals surface area contributed by atoms with Crippen molar-refractivity contribution in [2.45, 2.75) is 13.8 Å². The van der Waals surface area contributed by atoms with Crippen LogP contribution in [-0.4, -0.2) is 25.5 Å². The summed E-state index contributed by atoms with van der Waals surface area (Å²) in [4.78, 5) is 25.7. The third-order valence-corrected chi connectivity index (χ3v) is 4.13. The van der Waals surface area contributed by atoms with Crippen LogP contribution in [0.1, 0.15) is 18.1 Å². The maximum atomic E-state index is 12.5. The number of carbonyl (C=O) groups excluding carboxylic acids is 2. The first kappa shape index (κ1) is 19.3. The summed E-state index contributed by atoms with van der Waals surface area (Å²) in [5.74, 6) is -0.285. The van der Waals surface area contributed by atoms with Gasteiger partial charge >= 0.3 is 0 Å². The van der Waals surface area contributed by atoms with Crippen LogP contribution in [0.4, 0.5) is 11.4 Å². The number of methoxy groups -OCH3 is 1. The predicted molar refractivity (Wildman–Crippen MR) is 101 cm³/mol. The van der Waals surface area contributed by atoms with Crippen LogP contribution in [0.3, 0.4) is 0 Å². The van der Waals surface area contributed by atoms with Crippen LogP contribution in [0.2, 0.25) is 5.02 Å². The monoisotopic (exact) mass is 371 g/mol. The number of halogens is 1. The van der Waals surface area contributed by atoms with Gasteiger partial charge in [-0.2, -0.15) is 5.26 Å². The molecule has 0 heterocycles. The largest absolute Gasteiger partial charge is 0.495 e. The molecule has 0 fully saturated rings. The molecule has 2 rings (SSSR count). The van der Waals surface area contributed by atoms with Gasteiger partial charge in [-0.15, -0.1) is 0 Å². The fourth-order valence-electron chi connectivity index (χ4n) is 2.39. The Bertz CT molecular complexity index is 890. The predicted octanol–water partition coefficient (Wildman–Crippen LogP) is 3.52. The number of carbonyl (C=O) groups is 2. The first-order chi connectivity index (χ1) is 12.3. The summed E-state index contributed by atoms with van der Waals surface area (Å²) in [6.07, 6.45) is 0. The van der Waals surface area contributed by atoms with E-state index in [1.165, 1.54) is 18.9 Å². The van der Waals surface area contributed by atoms with Crippen molar-refractivity contribution < 1.29 is 14.3 Å². The lowest BCUT2D eigenvalue weighted by atomic mass is 10.2. The number of rotatable bonds is 5. The molecule has 0 spiro atoms. The van der Waals surface area contributed by atoms with E-state index < -0.39 is 5.91 Å². The van der Waals surface area contributed by atoms with E-state index in [0.29, 0.717) is 27.7 Å². The average Bonchev–Trinajstić information content (AvgIpc) is 2.62. The highest BCUT2D eigenvalue weighted by molar-refractivity contribution is 6.31. The van der Waals surface area contributed by atoms with Gasteiger partial charge in [-0.1, -0.05) is 17.7 Å². The van der Waals surface area contributed by atoms with Crippen LogP contribution >= 0.6 is 11.6 Å². The normalized spacial score (nSPS) is 9.96. The summed E-state index contributed by atoms with van der Waals surface area (Å²) in [6, 6.07) is 11.8. The summed E-state index contributed by atoms with van der Waals surface area (Å²) >= 11 is 6.06. The number of nitriles is 1. The van der Waals surface area contributed by atoms with Gasteiger partial charge < -0.3 is 15.0 Å². The molecule has 1 N–H and O–H groups in total. The van der Waals surface area contributed by atoms with Gasteiger partial charge in [0.2, 0.25) is 11.8 Å². The zero-order valence-corrected chi connectivity index (χ0v) is 15.4. The molecule has 0 atom stereocenters. The highest BCUT2D eigenvalue weighted by Crippen LogP contribution is 2.31. The number of anilines is 2. The second-order valence-corrected chi connectivity index (χ2v) is 6.02. The SMILES string of the molecule is COc1cc(Cl)c(C)cc1NC(=O)CN(C(C)=O)c1cccc(C#N)c1. The molecule has 0 bridgehead atoms. The minimum atomic E-state index is -0.400. The van der Waals surface area contributed by atoms with Crippen molar-refractivity contribution in [3.05, 3.63) is 52.5 Å². The van der Waals surface area contributed by atoms with Crippen molar-refractivity contribution in [1.29, 1.82) is 5.26 Å². The highest BCUT2D eigenvalue weighted by atomic mass is 35.5. The Morgan fingerprint density at radius 2 is 2.04 bits per heavy atom. The zero-order valence-electron chi connectivity index (χ0n) is 14.7. The van der Waals surface area contributed by atoms with E-state index in [1.807, 2.05) is 13.0 Å². The topological polar surface area (TPSA) is 82.4 Å². The van der Waals surface area contributed by atoms with Crippen molar-refractivity contribution in [1.82, 2.24) is 0 Å². The van der Waals surface area contributed by atoms with Gasteiger partial charge in [0.05, 0.1) is 24.4 Å². The molecule has 2 aromatic carbocycles. The molecule has 7 heteroatoms. The molecule has 0 aromatic heterocycles. The molecule has 6 nitrogen and oxygen atoms in total.